The molecule has 1 aliphatic heterocycles. The average molecular weight is 359 g/mol. The van der Waals surface area contributed by atoms with Crippen LogP contribution in [0.2, 0.25) is 0 Å². The van der Waals surface area contributed by atoms with Crippen molar-refractivity contribution < 1.29 is 14.1 Å². The first-order valence-electron chi connectivity index (χ1n) is 8.38. The van der Waals surface area contributed by atoms with E-state index >= 15 is 0 Å². The summed E-state index contributed by atoms with van der Waals surface area (Å²) in [4.78, 5) is 40.0. The van der Waals surface area contributed by atoms with E-state index in [1.165, 1.54) is 4.90 Å². The number of carbonyl (C=O) groups is 2. The standard InChI is InChI=1S/C16H21N7O3/c1-22(2)16(25)23-8-3-5-11(10-23)15(24)19-9-12-20-14(21-26-12)13-17-6-4-7-18-13/h4,6-7,11H,3,5,8-10H2,1-2H3,(H,19,24). The van der Waals surface area contributed by atoms with Crippen molar-refractivity contribution in [3.05, 3.63) is 24.4 Å². The number of rotatable bonds is 4. The van der Waals surface area contributed by atoms with E-state index in [1.54, 1.807) is 37.5 Å². The first-order valence-corrected chi connectivity index (χ1v) is 8.38. The molecule has 26 heavy (non-hydrogen) atoms. The predicted molar refractivity (Wildman–Crippen MR) is 90.6 cm³/mol. The maximum atomic E-state index is 12.4. The van der Waals surface area contributed by atoms with Crippen LogP contribution in [0.25, 0.3) is 11.6 Å². The van der Waals surface area contributed by atoms with E-state index in [0.717, 1.165) is 12.8 Å². The van der Waals surface area contributed by atoms with Crippen LogP contribution in [-0.4, -0.2) is 69.0 Å². The Kier molecular flexibility index (Phi) is 5.40. The highest BCUT2D eigenvalue weighted by Gasteiger charge is 2.29. The highest BCUT2D eigenvalue weighted by Crippen LogP contribution is 2.18. The van der Waals surface area contributed by atoms with Gasteiger partial charge in [-0.05, 0) is 18.9 Å². The number of hydrogen-bond donors (Lipinski definition) is 1. The second kappa shape index (κ2) is 7.89. The molecule has 1 unspecified atom stereocenters. The number of piperidine rings is 1. The van der Waals surface area contributed by atoms with Crippen molar-refractivity contribution in [3.63, 3.8) is 0 Å². The molecule has 3 rings (SSSR count). The van der Waals surface area contributed by atoms with Gasteiger partial charge in [0.15, 0.2) is 0 Å². The van der Waals surface area contributed by atoms with Crippen LogP contribution >= 0.6 is 0 Å². The second-order valence-electron chi connectivity index (χ2n) is 6.26. The van der Waals surface area contributed by atoms with Crippen LogP contribution < -0.4 is 5.32 Å². The summed E-state index contributed by atoms with van der Waals surface area (Å²) in [5.41, 5.74) is 0. The fourth-order valence-corrected chi connectivity index (χ4v) is 2.79. The Labute approximate surface area is 150 Å². The molecule has 0 radical (unpaired) electrons. The lowest BCUT2D eigenvalue weighted by molar-refractivity contribution is -0.126. The summed E-state index contributed by atoms with van der Waals surface area (Å²) in [5.74, 6) is 0.538. The maximum Gasteiger partial charge on any atom is 0.319 e. The van der Waals surface area contributed by atoms with Crippen molar-refractivity contribution in [1.82, 2.24) is 35.2 Å². The van der Waals surface area contributed by atoms with Crippen LogP contribution in [0.5, 0.6) is 0 Å². The molecule has 2 aromatic rings. The topological polar surface area (TPSA) is 117 Å². The third-order valence-electron chi connectivity index (χ3n) is 4.09. The Morgan fingerprint density at radius 2 is 2.08 bits per heavy atom. The summed E-state index contributed by atoms with van der Waals surface area (Å²) in [6, 6.07) is 1.62. The Balaban J connectivity index is 1.54. The highest BCUT2D eigenvalue weighted by molar-refractivity contribution is 5.80. The zero-order chi connectivity index (χ0) is 18.5. The quantitative estimate of drug-likeness (QED) is 0.846. The molecular formula is C16H21N7O3. The Hall–Kier alpha value is -3.04. The minimum absolute atomic E-state index is 0.0769. The molecule has 1 aliphatic rings. The number of carbonyl (C=O) groups excluding carboxylic acids is 2. The molecule has 1 N–H and O–H groups in total. The number of aromatic nitrogens is 4. The highest BCUT2D eigenvalue weighted by atomic mass is 16.5. The number of urea groups is 1. The summed E-state index contributed by atoms with van der Waals surface area (Å²) < 4.78 is 5.12. The van der Waals surface area contributed by atoms with Gasteiger partial charge in [0.25, 0.3) is 0 Å². The Bertz CT molecular complexity index is 762. The molecular weight excluding hydrogens is 338 g/mol. The largest absolute Gasteiger partial charge is 0.347 e. The van der Waals surface area contributed by atoms with E-state index in [4.69, 9.17) is 4.52 Å². The first kappa shape index (κ1) is 17.8. The van der Waals surface area contributed by atoms with E-state index in [-0.39, 0.29) is 36.1 Å². The van der Waals surface area contributed by atoms with Crippen molar-refractivity contribution in [1.29, 1.82) is 0 Å². The molecule has 10 nitrogen and oxygen atoms in total. The lowest BCUT2D eigenvalue weighted by Gasteiger charge is -2.33. The lowest BCUT2D eigenvalue weighted by atomic mass is 9.97. The molecule has 1 fully saturated rings. The molecule has 10 heteroatoms. The molecule has 3 heterocycles. The number of hydrogen-bond acceptors (Lipinski definition) is 7. The smallest absolute Gasteiger partial charge is 0.319 e. The van der Waals surface area contributed by atoms with Crippen molar-refractivity contribution in [3.8, 4) is 11.6 Å². The summed E-state index contributed by atoms with van der Waals surface area (Å²) in [5, 5.41) is 6.61. The van der Waals surface area contributed by atoms with Gasteiger partial charge < -0.3 is 19.6 Å². The van der Waals surface area contributed by atoms with Crippen LogP contribution in [0.4, 0.5) is 4.79 Å². The van der Waals surface area contributed by atoms with Crippen LogP contribution in [0.3, 0.4) is 0 Å². The number of nitrogens with one attached hydrogen (secondary N) is 1. The normalized spacial score (nSPS) is 17.0. The summed E-state index contributed by atoms with van der Waals surface area (Å²) in [6.07, 6.45) is 4.72. The Morgan fingerprint density at radius 3 is 2.81 bits per heavy atom. The number of nitrogens with zero attached hydrogens (tertiary/aromatic N) is 6. The van der Waals surface area contributed by atoms with E-state index < -0.39 is 0 Å². The van der Waals surface area contributed by atoms with E-state index in [0.29, 0.717) is 18.9 Å². The maximum absolute atomic E-state index is 12.4. The van der Waals surface area contributed by atoms with Gasteiger partial charge in [-0.25, -0.2) is 14.8 Å². The summed E-state index contributed by atoms with van der Waals surface area (Å²) in [6.45, 7) is 1.21. The van der Waals surface area contributed by atoms with Crippen molar-refractivity contribution >= 4 is 11.9 Å². The molecule has 3 amide bonds. The zero-order valence-corrected chi connectivity index (χ0v) is 14.8. The van der Waals surface area contributed by atoms with Gasteiger partial charge in [-0.3, -0.25) is 4.79 Å². The SMILES string of the molecule is CN(C)C(=O)N1CCCC(C(=O)NCc2nc(-c3ncccn3)no2)C1. The van der Waals surface area contributed by atoms with Gasteiger partial charge in [0.2, 0.25) is 23.4 Å². The molecule has 1 atom stereocenters. The van der Waals surface area contributed by atoms with Crippen molar-refractivity contribution in [2.45, 2.75) is 19.4 Å². The van der Waals surface area contributed by atoms with Crippen molar-refractivity contribution in [2.24, 2.45) is 5.92 Å². The molecule has 0 bridgehead atoms. The van der Waals surface area contributed by atoms with Crippen LogP contribution in [0.15, 0.2) is 23.0 Å². The molecule has 0 spiro atoms. The van der Waals surface area contributed by atoms with Gasteiger partial charge >= 0.3 is 6.03 Å². The lowest BCUT2D eigenvalue weighted by Crippen LogP contribution is -2.48. The third-order valence-corrected chi connectivity index (χ3v) is 4.09. The fraction of sp³-hybridized carbons (Fsp3) is 0.500. The van der Waals surface area contributed by atoms with E-state index in [1.807, 2.05) is 0 Å². The van der Waals surface area contributed by atoms with Gasteiger partial charge in [-0.1, -0.05) is 5.16 Å². The second-order valence-corrected chi connectivity index (χ2v) is 6.26. The molecule has 138 valence electrons. The average Bonchev–Trinajstić information content (AvgIpc) is 3.15. The molecule has 0 aromatic carbocycles. The van der Waals surface area contributed by atoms with Crippen LogP contribution in [0, 0.1) is 5.92 Å². The van der Waals surface area contributed by atoms with Gasteiger partial charge in [0.05, 0.1) is 12.5 Å². The van der Waals surface area contributed by atoms with Gasteiger partial charge in [-0.2, -0.15) is 4.98 Å². The molecule has 2 aromatic heterocycles. The Morgan fingerprint density at radius 1 is 1.31 bits per heavy atom. The molecule has 0 saturated carbocycles. The fourth-order valence-electron chi connectivity index (χ4n) is 2.79. The van der Waals surface area contributed by atoms with Gasteiger partial charge in [0.1, 0.15) is 0 Å². The molecule has 1 saturated heterocycles. The number of amides is 3. The van der Waals surface area contributed by atoms with E-state index in [2.05, 4.69) is 25.4 Å². The monoisotopic (exact) mass is 359 g/mol. The minimum atomic E-state index is -0.243. The predicted octanol–water partition coefficient (Wildman–Crippen LogP) is 0.536. The van der Waals surface area contributed by atoms with Crippen molar-refractivity contribution in [2.75, 3.05) is 27.2 Å². The minimum Gasteiger partial charge on any atom is -0.347 e. The number of likely N-dealkylation sites (tertiary alicyclic amines) is 1. The van der Waals surface area contributed by atoms with Crippen LogP contribution in [-0.2, 0) is 11.3 Å². The van der Waals surface area contributed by atoms with Crippen LogP contribution in [0.1, 0.15) is 18.7 Å². The summed E-state index contributed by atoms with van der Waals surface area (Å²) >= 11 is 0. The third kappa shape index (κ3) is 4.13. The summed E-state index contributed by atoms with van der Waals surface area (Å²) in [7, 11) is 3.41. The van der Waals surface area contributed by atoms with Gasteiger partial charge in [-0.15, -0.1) is 0 Å². The van der Waals surface area contributed by atoms with Gasteiger partial charge in [0, 0.05) is 39.6 Å². The molecule has 0 aliphatic carbocycles. The first-order chi connectivity index (χ1) is 12.5. The zero-order valence-electron chi connectivity index (χ0n) is 14.8. The van der Waals surface area contributed by atoms with E-state index in [9.17, 15) is 9.59 Å².